The molecule has 1 heterocycles. The summed E-state index contributed by atoms with van der Waals surface area (Å²) in [6.45, 7) is 4.65. The summed E-state index contributed by atoms with van der Waals surface area (Å²) >= 11 is 0. The molecule has 0 aromatic heterocycles. The first-order chi connectivity index (χ1) is 13.0. The summed E-state index contributed by atoms with van der Waals surface area (Å²) in [5, 5.41) is 0. The Morgan fingerprint density at radius 3 is 2.33 bits per heavy atom. The number of anilines is 1. The molecule has 142 valence electrons. The summed E-state index contributed by atoms with van der Waals surface area (Å²) in [5.41, 5.74) is 13.5. The SMILES string of the molecule is CC1(C)N=C(N)N=C(N)N1c1ccc(CCCCOc2ccccc2)cc1. The van der Waals surface area contributed by atoms with Crippen molar-refractivity contribution in [2.45, 2.75) is 38.8 Å². The molecule has 0 unspecified atom stereocenters. The van der Waals surface area contributed by atoms with Crippen LogP contribution in [0.5, 0.6) is 5.75 Å². The molecule has 0 fully saturated rings. The van der Waals surface area contributed by atoms with E-state index in [1.807, 2.05) is 49.1 Å². The topological polar surface area (TPSA) is 89.2 Å². The normalized spacial score (nSPS) is 15.9. The number of unbranched alkanes of at least 4 members (excludes halogenated alkanes) is 1. The highest BCUT2D eigenvalue weighted by Crippen LogP contribution is 2.27. The number of hydrogen-bond donors (Lipinski definition) is 2. The second kappa shape index (κ2) is 8.12. The van der Waals surface area contributed by atoms with Crippen molar-refractivity contribution in [2.75, 3.05) is 11.5 Å². The zero-order valence-corrected chi connectivity index (χ0v) is 15.9. The van der Waals surface area contributed by atoms with E-state index >= 15 is 0 Å². The predicted octanol–water partition coefficient (Wildman–Crippen LogP) is 3.27. The van der Waals surface area contributed by atoms with Gasteiger partial charge in [-0.05, 0) is 62.9 Å². The molecule has 0 bridgehead atoms. The first-order valence-electron chi connectivity index (χ1n) is 9.22. The van der Waals surface area contributed by atoms with Gasteiger partial charge in [0.05, 0.1) is 6.61 Å². The van der Waals surface area contributed by atoms with Gasteiger partial charge < -0.3 is 16.2 Å². The standard InChI is InChI=1S/C21H27N5O/c1-21(2)25-19(22)24-20(23)26(21)17-13-11-16(12-14-17)8-6-7-15-27-18-9-4-3-5-10-18/h3-5,9-14H,6-8,15H2,1-2H3,(H4,22,23,24,25). The van der Waals surface area contributed by atoms with Crippen LogP contribution in [0.25, 0.3) is 0 Å². The third-order valence-electron chi connectivity index (χ3n) is 4.46. The van der Waals surface area contributed by atoms with E-state index < -0.39 is 5.66 Å². The minimum Gasteiger partial charge on any atom is -0.494 e. The molecule has 0 spiro atoms. The van der Waals surface area contributed by atoms with Crippen LogP contribution < -0.4 is 21.1 Å². The molecule has 0 aliphatic carbocycles. The number of nitrogens with two attached hydrogens (primary N) is 2. The van der Waals surface area contributed by atoms with Crippen LogP contribution >= 0.6 is 0 Å². The van der Waals surface area contributed by atoms with Gasteiger partial charge in [-0.1, -0.05) is 30.3 Å². The van der Waals surface area contributed by atoms with Gasteiger partial charge in [0.15, 0.2) is 0 Å². The van der Waals surface area contributed by atoms with Crippen molar-refractivity contribution in [2.24, 2.45) is 21.5 Å². The molecule has 4 N–H and O–H groups in total. The molecule has 0 atom stereocenters. The van der Waals surface area contributed by atoms with Crippen LogP contribution in [-0.4, -0.2) is 24.2 Å². The van der Waals surface area contributed by atoms with Crippen molar-refractivity contribution in [3.63, 3.8) is 0 Å². The highest BCUT2D eigenvalue weighted by Gasteiger charge is 2.32. The Hall–Kier alpha value is -3.02. The van der Waals surface area contributed by atoms with Gasteiger partial charge in [-0.3, -0.25) is 4.90 Å². The van der Waals surface area contributed by atoms with Crippen molar-refractivity contribution < 1.29 is 4.74 Å². The summed E-state index contributed by atoms with van der Waals surface area (Å²) in [4.78, 5) is 10.4. The summed E-state index contributed by atoms with van der Waals surface area (Å²) < 4.78 is 5.73. The van der Waals surface area contributed by atoms with E-state index in [0.29, 0.717) is 5.96 Å². The summed E-state index contributed by atoms with van der Waals surface area (Å²) in [6, 6.07) is 18.3. The molecule has 1 aliphatic rings. The number of hydrogen-bond acceptors (Lipinski definition) is 6. The Morgan fingerprint density at radius 2 is 1.67 bits per heavy atom. The highest BCUT2D eigenvalue weighted by atomic mass is 16.5. The average Bonchev–Trinajstić information content (AvgIpc) is 2.62. The number of benzene rings is 2. The molecule has 2 aromatic carbocycles. The van der Waals surface area contributed by atoms with Crippen molar-refractivity contribution in [1.82, 2.24) is 0 Å². The van der Waals surface area contributed by atoms with Gasteiger partial charge in [-0.25, -0.2) is 4.99 Å². The molecule has 0 saturated heterocycles. The van der Waals surface area contributed by atoms with Gasteiger partial charge in [0.25, 0.3) is 0 Å². The zero-order chi connectivity index (χ0) is 19.3. The second-order valence-corrected chi connectivity index (χ2v) is 7.05. The molecule has 3 rings (SSSR count). The van der Waals surface area contributed by atoms with Crippen LogP contribution in [0.1, 0.15) is 32.3 Å². The molecule has 0 saturated carbocycles. The van der Waals surface area contributed by atoms with E-state index in [-0.39, 0.29) is 5.96 Å². The molecule has 6 nitrogen and oxygen atoms in total. The minimum absolute atomic E-state index is 0.211. The van der Waals surface area contributed by atoms with Gasteiger partial charge in [-0.15, -0.1) is 0 Å². The van der Waals surface area contributed by atoms with E-state index in [1.54, 1.807) is 0 Å². The zero-order valence-electron chi connectivity index (χ0n) is 15.9. The lowest BCUT2D eigenvalue weighted by molar-refractivity contribution is 0.307. The van der Waals surface area contributed by atoms with Gasteiger partial charge in [0.2, 0.25) is 11.9 Å². The fourth-order valence-corrected chi connectivity index (χ4v) is 3.20. The third-order valence-corrected chi connectivity index (χ3v) is 4.46. The van der Waals surface area contributed by atoms with E-state index in [9.17, 15) is 0 Å². The Morgan fingerprint density at radius 1 is 0.963 bits per heavy atom. The van der Waals surface area contributed by atoms with E-state index in [4.69, 9.17) is 16.2 Å². The molecular formula is C21H27N5O. The Balaban J connectivity index is 1.51. The van der Waals surface area contributed by atoms with Crippen LogP contribution in [0.4, 0.5) is 5.69 Å². The molecule has 2 aromatic rings. The molecule has 6 heteroatoms. The van der Waals surface area contributed by atoms with Crippen molar-refractivity contribution in [3.05, 3.63) is 60.2 Å². The largest absolute Gasteiger partial charge is 0.494 e. The monoisotopic (exact) mass is 365 g/mol. The lowest BCUT2D eigenvalue weighted by Crippen LogP contribution is -2.54. The quantitative estimate of drug-likeness (QED) is 0.737. The van der Waals surface area contributed by atoms with Crippen LogP contribution in [0, 0.1) is 0 Å². The number of nitrogens with zero attached hydrogens (tertiary/aromatic N) is 3. The number of guanidine groups is 2. The third kappa shape index (κ3) is 4.78. The van der Waals surface area contributed by atoms with E-state index in [1.165, 1.54) is 5.56 Å². The lowest BCUT2D eigenvalue weighted by atomic mass is 10.1. The van der Waals surface area contributed by atoms with Gasteiger partial charge >= 0.3 is 0 Å². The number of ether oxygens (including phenoxy) is 1. The number of aryl methyl sites for hydroxylation is 1. The van der Waals surface area contributed by atoms with Crippen LogP contribution in [0.2, 0.25) is 0 Å². The smallest absolute Gasteiger partial charge is 0.220 e. The maximum atomic E-state index is 6.08. The fourth-order valence-electron chi connectivity index (χ4n) is 3.20. The maximum Gasteiger partial charge on any atom is 0.220 e. The molecular weight excluding hydrogens is 338 g/mol. The fraction of sp³-hybridized carbons (Fsp3) is 0.333. The van der Waals surface area contributed by atoms with Crippen molar-refractivity contribution in [3.8, 4) is 5.75 Å². The van der Waals surface area contributed by atoms with Gasteiger partial charge in [0, 0.05) is 5.69 Å². The average molecular weight is 365 g/mol. The first kappa shape index (κ1) is 18.8. The van der Waals surface area contributed by atoms with Crippen LogP contribution in [0.3, 0.4) is 0 Å². The van der Waals surface area contributed by atoms with Gasteiger partial charge in [0.1, 0.15) is 11.4 Å². The summed E-state index contributed by atoms with van der Waals surface area (Å²) in [7, 11) is 0. The minimum atomic E-state index is -0.563. The predicted molar refractivity (Wildman–Crippen MR) is 111 cm³/mol. The maximum absolute atomic E-state index is 6.08. The number of rotatable bonds is 7. The number of para-hydroxylation sites is 1. The van der Waals surface area contributed by atoms with E-state index in [2.05, 4.69) is 34.3 Å². The second-order valence-electron chi connectivity index (χ2n) is 7.05. The number of aliphatic imine (C=N–C) groups is 2. The molecule has 0 amide bonds. The summed E-state index contributed by atoms with van der Waals surface area (Å²) in [5.74, 6) is 1.50. The summed E-state index contributed by atoms with van der Waals surface area (Å²) in [6.07, 6.45) is 3.10. The molecule has 27 heavy (non-hydrogen) atoms. The molecule has 1 aliphatic heterocycles. The lowest BCUT2D eigenvalue weighted by Gasteiger charge is -2.38. The Kier molecular flexibility index (Phi) is 5.64. The van der Waals surface area contributed by atoms with Crippen molar-refractivity contribution in [1.29, 1.82) is 0 Å². The molecule has 0 radical (unpaired) electrons. The van der Waals surface area contributed by atoms with Crippen molar-refractivity contribution >= 4 is 17.6 Å². The Labute approximate surface area is 160 Å². The van der Waals surface area contributed by atoms with E-state index in [0.717, 1.165) is 37.3 Å². The van der Waals surface area contributed by atoms with Crippen LogP contribution in [-0.2, 0) is 6.42 Å². The van der Waals surface area contributed by atoms with Gasteiger partial charge in [-0.2, -0.15) is 4.99 Å². The highest BCUT2D eigenvalue weighted by molar-refractivity contribution is 6.05. The van der Waals surface area contributed by atoms with Crippen LogP contribution in [0.15, 0.2) is 64.6 Å². The Bertz CT molecular complexity index is 812. The first-order valence-corrected chi connectivity index (χ1v) is 9.22.